The van der Waals surface area contributed by atoms with Gasteiger partial charge in [0.25, 0.3) is 0 Å². The summed E-state index contributed by atoms with van der Waals surface area (Å²) in [6.45, 7) is 0. The smallest absolute Gasteiger partial charge is 0.144 e. The van der Waals surface area contributed by atoms with Crippen LogP contribution in [0.2, 0.25) is 0 Å². The average molecular weight is 357 g/mol. The molecule has 6 heteroatoms. The second kappa shape index (κ2) is 5.62. The zero-order valence-corrected chi connectivity index (χ0v) is 12.9. The third-order valence-electron chi connectivity index (χ3n) is 3.22. The van der Waals surface area contributed by atoms with Crippen LogP contribution in [0.25, 0.3) is 10.9 Å². The number of rotatable bonds is 2. The maximum absolute atomic E-state index is 13.7. The van der Waals surface area contributed by atoms with Gasteiger partial charge in [-0.3, -0.25) is 0 Å². The Kier molecular flexibility index (Phi) is 3.65. The van der Waals surface area contributed by atoms with Gasteiger partial charge in [-0.25, -0.2) is 9.37 Å². The van der Waals surface area contributed by atoms with Gasteiger partial charge in [-0.1, -0.05) is 18.2 Å². The molecule has 0 bridgehead atoms. The molecule has 3 aromatic rings. The lowest BCUT2D eigenvalue weighted by atomic mass is 10.1. The number of nitriles is 1. The topological polar surface area (TPSA) is 74.7 Å². The minimum Gasteiger partial charge on any atom is -0.383 e. The first-order valence-corrected chi connectivity index (χ1v) is 7.20. The van der Waals surface area contributed by atoms with E-state index in [2.05, 4.69) is 26.2 Å². The molecule has 0 atom stereocenters. The molecule has 108 valence electrons. The molecule has 0 aliphatic heterocycles. The molecule has 0 unspecified atom stereocenters. The number of fused-ring (bicyclic) bond motifs is 1. The fourth-order valence-corrected chi connectivity index (χ4v) is 2.44. The Morgan fingerprint density at radius 1 is 1.23 bits per heavy atom. The van der Waals surface area contributed by atoms with E-state index in [1.807, 2.05) is 24.3 Å². The first-order chi connectivity index (χ1) is 10.6. The molecular weight excluding hydrogens is 347 g/mol. The van der Waals surface area contributed by atoms with Crippen LogP contribution in [0.3, 0.4) is 0 Å². The summed E-state index contributed by atoms with van der Waals surface area (Å²) in [7, 11) is 0. The third-order valence-corrected chi connectivity index (χ3v) is 3.86. The summed E-state index contributed by atoms with van der Waals surface area (Å²) >= 11 is 3.11. The Hall–Kier alpha value is -2.65. The first kappa shape index (κ1) is 14.3. The van der Waals surface area contributed by atoms with Crippen LogP contribution >= 0.6 is 15.9 Å². The lowest BCUT2D eigenvalue weighted by molar-refractivity contribution is 0.622. The van der Waals surface area contributed by atoms with Gasteiger partial charge in [0.15, 0.2) is 0 Å². The summed E-state index contributed by atoms with van der Waals surface area (Å²) in [5.41, 5.74) is 7.80. The molecular formula is C16H10BrFN4. The lowest BCUT2D eigenvalue weighted by Crippen LogP contribution is -2.02. The van der Waals surface area contributed by atoms with Crippen molar-refractivity contribution < 1.29 is 4.39 Å². The molecule has 3 N–H and O–H groups in total. The van der Waals surface area contributed by atoms with Crippen LogP contribution in [-0.2, 0) is 0 Å². The summed E-state index contributed by atoms with van der Waals surface area (Å²) in [5, 5.41) is 13.2. The van der Waals surface area contributed by atoms with E-state index in [0.717, 1.165) is 5.39 Å². The molecule has 2 aromatic carbocycles. The second-order valence-electron chi connectivity index (χ2n) is 4.63. The Morgan fingerprint density at radius 3 is 2.73 bits per heavy atom. The predicted molar refractivity (Wildman–Crippen MR) is 88.3 cm³/mol. The van der Waals surface area contributed by atoms with Gasteiger partial charge in [-0.05, 0) is 40.2 Å². The number of anilines is 3. The van der Waals surface area contributed by atoms with Gasteiger partial charge in [0.1, 0.15) is 23.3 Å². The number of hydrogen-bond acceptors (Lipinski definition) is 4. The highest BCUT2D eigenvalue weighted by atomic mass is 79.9. The number of nitrogen functional groups attached to an aromatic ring is 1. The quantitative estimate of drug-likeness (QED) is 0.716. The van der Waals surface area contributed by atoms with Crippen molar-refractivity contribution in [2.24, 2.45) is 0 Å². The molecule has 0 spiro atoms. The van der Waals surface area contributed by atoms with Crippen LogP contribution in [0.4, 0.5) is 21.6 Å². The zero-order valence-electron chi connectivity index (χ0n) is 11.3. The van der Waals surface area contributed by atoms with Crippen molar-refractivity contribution in [3.05, 3.63) is 58.3 Å². The Balaban J connectivity index is 2.20. The van der Waals surface area contributed by atoms with E-state index in [0.29, 0.717) is 21.4 Å². The molecule has 0 saturated heterocycles. The standard InChI is InChI=1S/C16H10BrFN4/c17-12-6-5-9(7-13(12)18)21-15-10-3-1-2-4-14(10)22-16(20)11(15)8-19/h1-7H,(H3,20,21,22). The highest BCUT2D eigenvalue weighted by Gasteiger charge is 2.13. The molecule has 4 nitrogen and oxygen atoms in total. The van der Waals surface area contributed by atoms with Crippen LogP contribution in [0.15, 0.2) is 46.9 Å². The molecule has 1 aromatic heterocycles. The van der Waals surface area contributed by atoms with E-state index in [4.69, 9.17) is 5.73 Å². The SMILES string of the molecule is N#Cc1c(N)nc2ccccc2c1Nc1ccc(Br)c(F)c1. The Labute approximate surface area is 134 Å². The van der Waals surface area contributed by atoms with Gasteiger partial charge in [-0.15, -0.1) is 0 Å². The monoisotopic (exact) mass is 356 g/mol. The highest BCUT2D eigenvalue weighted by molar-refractivity contribution is 9.10. The normalized spacial score (nSPS) is 10.4. The molecule has 0 amide bonds. The van der Waals surface area contributed by atoms with Gasteiger partial charge < -0.3 is 11.1 Å². The number of pyridine rings is 1. The molecule has 3 rings (SSSR count). The maximum Gasteiger partial charge on any atom is 0.144 e. The zero-order chi connectivity index (χ0) is 15.7. The van der Waals surface area contributed by atoms with Crippen molar-refractivity contribution in [2.75, 3.05) is 11.1 Å². The van der Waals surface area contributed by atoms with Crippen LogP contribution in [0.5, 0.6) is 0 Å². The van der Waals surface area contributed by atoms with Crippen LogP contribution < -0.4 is 11.1 Å². The maximum atomic E-state index is 13.7. The summed E-state index contributed by atoms with van der Waals surface area (Å²) in [5.74, 6) is -0.254. The summed E-state index contributed by atoms with van der Waals surface area (Å²) < 4.78 is 14.0. The minimum atomic E-state index is -0.394. The number of nitrogens with one attached hydrogen (secondary N) is 1. The van der Waals surface area contributed by atoms with Crippen LogP contribution in [0, 0.1) is 17.1 Å². The molecule has 0 aliphatic rings. The number of hydrogen-bond donors (Lipinski definition) is 2. The molecule has 22 heavy (non-hydrogen) atoms. The average Bonchev–Trinajstić information content (AvgIpc) is 2.51. The van der Waals surface area contributed by atoms with Gasteiger partial charge in [0.2, 0.25) is 0 Å². The molecule has 1 heterocycles. The largest absolute Gasteiger partial charge is 0.383 e. The van der Waals surface area contributed by atoms with Crippen LogP contribution in [-0.4, -0.2) is 4.98 Å². The molecule has 0 aliphatic carbocycles. The van der Waals surface area contributed by atoms with Crippen LogP contribution in [0.1, 0.15) is 5.56 Å². The number of para-hydroxylation sites is 1. The summed E-state index contributed by atoms with van der Waals surface area (Å²) in [4.78, 5) is 4.21. The fraction of sp³-hybridized carbons (Fsp3) is 0. The summed E-state index contributed by atoms with van der Waals surface area (Å²) in [6.07, 6.45) is 0. The highest BCUT2D eigenvalue weighted by Crippen LogP contribution is 2.32. The third kappa shape index (κ3) is 2.47. The summed E-state index contributed by atoms with van der Waals surface area (Å²) in [6, 6.07) is 14.0. The van der Waals surface area contributed by atoms with Gasteiger partial charge >= 0.3 is 0 Å². The van der Waals surface area contributed by atoms with Gasteiger partial charge in [-0.2, -0.15) is 5.26 Å². The fourth-order valence-electron chi connectivity index (χ4n) is 2.19. The van der Waals surface area contributed by atoms with E-state index in [9.17, 15) is 9.65 Å². The predicted octanol–water partition coefficient (Wildman–Crippen LogP) is 4.33. The number of nitrogens with two attached hydrogens (primary N) is 1. The van der Waals surface area contributed by atoms with Crippen molar-refractivity contribution in [3.63, 3.8) is 0 Å². The molecule has 0 fully saturated rings. The van der Waals surface area contributed by atoms with E-state index in [1.165, 1.54) is 6.07 Å². The van der Waals surface area contributed by atoms with E-state index >= 15 is 0 Å². The number of nitrogens with zero attached hydrogens (tertiary/aromatic N) is 2. The van der Waals surface area contributed by atoms with Gasteiger partial charge in [0, 0.05) is 11.1 Å². The number of halogens is 2. The van der Waals surface area contributed by atoms with Gasteiger partial charge in [0.05, 0.1) is 15.7 Å². The molecule has 0 radical (unpaired) electrons. The van der Waals surface area contributed by atoms with Crippen molar-refractivity contribution in [3.8, 4) is 6.07 Å². The Morgan fingerprint density at radius 2 is 2.00 bits per heavy atom. The van der Waals surface area contributed by atoms with E-state index in [-0.39, 0.29) is 11.4 Å². The van der Waals surface area contributed by atoms with Crippen molar-refractivity contribution in [1.29, 1.82) is 5.26 Å². The van der Waals surface area contributed by atoms with E-state index < -0.39 is 5.82 Å². The Bertz CT molecular complexity index is 918. The van der Waals surface area contributed by atoms with E-state index in [1.54, 1.807) is 18.2 Å². The number of benzene rings is 2. The number of aromatic nitrogens is 1. The molecule has 0 saturated carbocycles. The van der Waals surface area contributed by atoms with Crippen molar-refractivity contribution >= 4 is 44.0 Å². The van der Waals surface area contributed by atoms with Crippen molar-refractivity contribution in [1.82, 2.24) is 4.98 Å². The lowest BCUT2D eigenvalue weighted by Gasteiger charge is -2.13. The minimum absolute atomic E-state index is 0.140. The first-order valence-electron chi connectivity index (χ1n) is 6.40. The van der Waals surface area contributed by atoms with Crippen molar-refractivity contribution in [2.45, 2.75) is 0 Å². The second-order valence-corrected chi connectivity index (χ2v) is 5.48.